The fraction of sp³-hybridized carbons (Fsp3) is 0.138. The standard InChI is InChI=1S/C29H24ClN3O7/c1-16-9-10-18(25(34)32-22-14-19(28(37)39-2)11-12-20(22)29(38)40-3)13-21(16)31-24-23(30)26(35)33(27(24)36)15-17-7-5-4-6-8-17/h4-14,31H,15H2,1-3H3,(H,32,34). The van der Waals surface area contributed by atoms with E-state index in [1.54, 1.807) is 37.3 Å². The summed E-state index contributed by atoms with van der Waals surface area (Å²) in [4.78, 5) is 64.3. The number of benzene rings is 3. The zero-order valence-electron chi connectivity index (χ0n) is 21.7. The molecular formula is C29H24ClN3O7. The number of rotatable bonds is 8. The molecule has 0 unspecified atom stereocenters. The Morgan fingerprint density at radius 3 is 2.15 bits per heavy atom. The number of anilines is 2. The van der Waals surface area contributed by atoms with E-state index >= 15 is 0 Å². The van der Waals surface area contributed by atoms with E-state index < -0.39 is 29.7 Å². The Hall–Kier alpha value is -4.96. The van der Waals surface area contributed by atoms with Gasteiger partial charge in [-0.2, -0.15) is 0 Å². The number of imide groups is 1. The van der Waals surface area contributed by atoms with Crippen molar-refractivity contribution in [3.8, 4) is 0 Å². The summed E-state index contributed by atoms with van der Waals surface area (Å²) in [5.74, 6) is -3.23. The number of nitrogens with one attached hydrogen (secondary N) is 2. The van der Waals surface area contributed by atoms with E-state index in [4.69, 9.17) is 21.1 Å². The first-order valence-electron chi connectivity index (χ1n) is 11.9. The highest BCUT2D eigenvalue weighted by molar-refractivity contribution is 6.48. The minimum absolute atomic E-state index is 0.0273. The van der Waals surface area contributed by atoms with Crippen LogP contribution < -0.4 is 10.6 Å². The molecule has 0 saturated carbocycles. The Bertz CT molecular complexity index is 1570. The molecule has 0 aliphatic carbocycles. The van der Waals surface area contributed by atoms with E-state index in [0.29, 0.717) is 11.3 Å². The van der Waals surface area contributed by atoms with E-state index in [2.05, 4.69) is 10.6 Å². The summed E-state index contributed by atoms with van der Waals surface area (Å²) >= 11 is 6.25. The average Bonchev–Trinajstić information content (AvgIpc) is 3.16. The molecule has 3 amide bonds. The van der Waals surface area contributed by atoms with E-state index in [1.165, 1.54) is 44.6 Å². The van der Waals surface area contributed by atoms with Gasteiger partial charge in [-0.1, -0.05) is 48.0 Å². The molecule has 1 aliphatic heterocycles. The van der Waals surface area contributed by atoms with E-state index in [9.17, 15) is 24.0 Å². The van der Waals surface area contributed by atoms with Crippen molar-refractivity contribution in [1.82, 2.24) is 4.90 Å². The first kappa shape index (κ1) is 28.1. The quantitative estimate of drug-likeness (QED) is 0.308. The average molecular weight is 562 g/mol. The van der Waals surface area contributed by atoms with Crippen molar-refractivity contribution in [1.29, 1.82) is 0 Å². The molecule has 3 aromatic carbocycles. The molecule has 0 saturated heterocycles. The molecule has 1 heterocycles. The molecular weight excluding hydrogens is 538 g/mol. The van der Waals surface area contributed by atoms with Gasteiger partial charge < -0.3 is 20.1 Å². The summed E-state index contributed by atoms with van der Waals surface area (Å²) in [5, 5.41) is 5.26. The Kier molecular flexibility index (Phi) is 8.30. The second-order valence-corrected chi connectivity index (χ2v) is 9.10. The van der Waals surface area contributed by atoms with Gasteiger partial charge in [-0.25, -0.2) is 9.59 Å². The molecule has 0 fully saturated rings. The third kappa shape index (κ3) is 5.71. The second-order valence-electron chi connectivity index (χ2n) is 8.72. The fourth-order valence-corrected chi connectivity index (χ4v) is 4.20. The lowest BCUT2D eigenvalue weighted by Crippen LogP contribution is -2.31. The predicted octanol–water partition coefficient (Wildman–Crippen LogP) is 4.25. The molecule has 4 rings (SSSR count). The largest absolute Gasteiger partial charge is 0.465 e. The lowest BCUT2D eigenvalue weighted by atomic mass is 10.1. The monoisotopic (exact) mass is 561 g/mol. The predicted molar refractivity (Wildman–Crippen MR) is 147 cm³/mol. The number of hydrogen-bond donors (Lipinski definition) is 2. The van der Waals surface area contributed by atoms with Crippen molar-refractivity contribution < 1.29 is 33.4 Å². The third-order valence-corrected chi connectivity index (χ3v) is 6.50. The normalized spacial score (nSPS) is 12.8. The topological polar surface area (TPSA) is 131 Å². The van der Waals surface area contributed by atoms with Crippen LogP contribution >= 0.6 is 11.6 Å². The molecule has 2 N–H and O–H groups in total. The van der Waals surface area contributed by atoms with Crippen LogP contribution in [0.3, 0.4) is 0 Å². The number of aryl methyl sites for hydroxylation is 1. The highest BCUT2D eigenvalue weighted by Gasteiger charge is 2.38. The summed E-state index contributed by atoms with van der Waals surface area (Å²) in [6, 6.07) is 17.7. The van der Waals surface area contributed by atoms with Gasteiger partial charge in [-0.05, 0) is 48.4 Å². The molecule has 0 radical (unpaired) electrons. The van der Waals surface area contributed by atoms with Crippen LogP contribution in [0.1, 0.15) is 42.2 Å². The van der Waals surface area contributed by atoms with Crippen molar-refractivity contribution >= 4 is 52.6 Å². The number of methoxy groups -OCH3 is 2. The number of nitrogens with zero attached hydrogens (tertiary/aromatic N) is 1. The van der Waals surface area contributed by atoms with Crippen molar-refractivity contribution in [2.24, 2.45) is 0 Å². The molecule has 10 nitrogen and oxygen atoms in total. The van der Waals surface area contributed by atoms with Gasteiger partial charge in [0.15, 0.2) is 0 Å². The number of hydrogen-bond acceptors (Lipinski definition) is 8. The lowest BCUT2D eigenvalue weighted by Gasteiger charge is -2.16. The Morgan fingerprint density at radius 1 is 0.825 bits per heavy atom. The Balaban J connectivity index is 1.58. The number of carbonyl (C=O) groups is 5. The van der Waals surface area contributed by atoms with Gasteiger partial charge in [0, 0.05) is 11.3 Å². The van der Waals surface area contributed by atoms with Crippen LogP contribution in [0.5, 0.6) is 0 Å². The molecule has 3 aromatic rings. The first-order chi connectivity index (χ1) is 19.1. The highest BCUT2D eigenvalue weighted by atomic mass is 35.5. The smallest absolute Gasteiger partial charge is 0.339 e. The summed E-state index contributed by atoms with van der Waals surface area (Å²) in [7, 11) is 2.40. The van der Waals surface area contributed by atoms with E-state index in [1.807, 2.05) is 6.07 Å². The van der Waals surface area contributed by atoms with Crippen LogP contribution in [0.25, 0.3) is 0 Å². The van der Waals surface area contributed by atoms with Gasteiger partial charge in [-0.15, -0.1) is 0 Å². The second kappa shape index (κ2) is 11.8. The number of amides is 3. The number of ether oxygens (including phenoxy) is 2. The van der Waals surface area contributed by atoms with E-state index in [0.717, 1.165) is 10.5 Å². The van der Waals surface area contributed by atoms with Crippen molar-refractivity contribution in [3.63, 3.8) is 0 Å². The zero-order valence-corrected chi connectivity index (χ0v) is 22.5. The van der Waals surface area contributed by atoms with Crippen molar-refractivity contribution in [2.45, 2.75) is 13.5 Å². The van der Waals surface area contributed by atoms with Crippen molar-refractivity contribution in [3.05, 3.63) is 105 Å². The summed E-state index contributed by atoms with van der Waals surface area (Å²) < 4.78 is 9.50. The molecule has 0 atom stereocenters. The van der Waals surface area contributed by atoms with Gasteiger partial charge in [0.2, 0.25) is 0 Å². The van der Waals surface area contributed by atoms with Crippen LogP contribution in [-0.2, 0) is 25.6 Å². The fourth-order valence-electron chi connectivity index (χ4n) is 3.97. The number of carbonyl (C=O) groups excluding carboxylic acids is 5. The van der Waals surface area contributed by atoms with Crippen LogP contribution in [0.4, 0.5) is 11.4 Å². The number of halogens is 1. The summed E-state index contributed by atoms with van der Waals surface area (Å²) in [6.45, 7) is 1.80. The van der Waals surface area contributed by atoms with Crippen LogP contribution in [0, 0.1) is 6.92 Å². The van der Waals surface area contributed by atoms with Gasteiger partial charge in [0.05, 0.1) is 37.6 Å². The van der Waals surface area contributed by atoms with Crippen molar-refractivity contribution in [2.75, 3.05) is 24.9 Å². The Labute approximate surface area is 234 Å². The third-order valence-electron chi connectivity index (χ3n) is 6.15. The first-order valence-corrected chi connectivity index (χ1v) is 12.3. The summed E-state index contributed by atoms with van der Waals surface area (Å²) in [5.41, 5.74) is 2.01. The van der Waals surface area contributed by atoms with Crippen LogP contribution in [0.15, 0.2) is 77.5 Å². The maximum absolute atomic E-state index is 13.2. The van der Waals surface area contributed by atoms with Gasteiger partial charge >= 0.3 is 11.9 Å². The lowest BCUT2D eigenvalue weighted by molar-refractivity contribution is -0.138. The molecule has 0 aromatic heterocycles. The molecule has 0 spiro atoms. The highest BCUT2D eigenvalue weighted by Crippen LogP contribution is 2.29. The van der Waals surface area contributed by atoms with Crippen LogP contribution in [-0.4, -0.2) is 48.8 Å². The molecule has 11 heteroatoms. The molecule has 0 bridgehead atoms. The zero-order chi connectivity index (χ0) is 29.0. The van der Waals surface area contributed by atoms with Gasteiger partial charge in [0.25, 0.3) is 17.7 Å². The van der Waals surface area contributed by atoms with Gasteiger partial charge in [0.1, 0.15) is 10.7 Å². The Morgan fingerprint density at radius 2 is 1.48 bits per heavy atom. The summed E-state index contributed by atoms with van der Waals surface area (Å²) in [6.07, 6.45) is 0. The molecule has 40 heavy (non-hydrogen) atoms. The van der Waals surface area contributed by atoms with Gasteiger partial charge in [-0.3, -0.25) is 19.3 Å². The minimum atomic E-state index is -0.718. The van der Waals surface area contributed by atoms with E-state index in [-0.39, 0.29) is 39.7 Å². The SMILES string of the molecule is COC(=O)c1ccc(C(=O)OC)c(NC(=O)c2ccc(C)c(NC3=C(Cl)C(=O)N(Cc4ccccc4)C3=O)c2)c1. The minimum Gasteiger partial charge on any atom is -0.465 e. The number of esters is 2. The van der Waals surface area contributed by atoms with Crippen LogP contribution in [0.2, 0.25) is 0 Å². The molecule has 1 aliphatic rings. The maximum Gasteiger partial charge on any atom is 0.339 e. The molecule has 204 valence electrons. The maximum atomic E-state index is 13.2.